The summed E-state index contributed by atoms with van der Waals surface area (Å²) in [6.07, 6.45) is -0.474. The van der Waals surface area contributed by atoms with Crippen molar-refractivity contribution in [3.63, 3.8) is 0 Å². The van der Waals surface area contributed by atoms with Crippen molar-refractivity contribution in [1.29, 1.82) is 0 Å². The van der Waals surface area contributed by atoms with E-state index in [2.05, 4.69) is 4.98 Å². The van der Waals surface area contributed by atoms with Crippen molar-refractivity contribution < 1.29 is 22.8 Å². The van der Waals surface area contributed by atoms with Crippen LogP contribution in [-0.2, 0) is 22.2 Å². The summed E-state index contributed by atoms with van der Waals surface area (Å²) in [7, 11) is 1.67. The zero-order valence-corrected chi connectivity index (χ0v) is 15.3. The van der Waals surface area contributed by atoms with Gasteiger partial charge in [-0.25, -0.2) is 0 Å². The van der Waals surface area contributed by atoms with Crippen LogP contribution in [0.4, 0.5) is 18.9 Å². The third-order valence-electron chi connectivity index (χ3n) is 4.82. The zero-order valence-electron chi connectivity index (χ0n) is 15.3. The van der Waals surface area contributed by atoms with Crippen molar-refractivity contribution >= 4 is 17.5 Å². The number of aromatic nitrogens is 1. The molecular formula is C20H20F3N3O2. The summed E-state index contributed by atoms with van der Waals surface area (Å²) in [5.41, 5.74) is 0.388. The molecule has 0 aliphatic carbocycles. The Labute approximate surface area is 160 Å². The van der Waals surface area contributed by atoms with E-state index in [0.717, 1.165) is 17.7 Å². The molecule has 2 amide bonds. The van der Waals surface area contributed by atoms with Crippen LogP contribution < -0.4 is 4.90 Å². The van der Waals surface area contributed by atoms with Gasteiger partial charge >= 0.3 is 6.18 Å². The molecule has 0 N–H and O–H groups in total. The highest BCUT2D eigenvalue weighted by Crippen LogP contribution is 2.33. The summed E-state index contributed by atoms with van der Waals surface area (Å²) < 4.78 is 38.8. The number of carbonyl (C=O) groups excluding carboxylic acids is 2. The van der Waals surface area contributed by atoms with Gasteiger partial charge < -0.3 is 9.80 Å². The van der Waals surface area contributed by atoms with Crippen LogP contribution >= 0.6 is 0 Å². The Bertz CT molecular complexity index is 855. The van der Waals surface area contributed by atoms with Crippen LogP contribution in [0.25, 0.3) is 0 Å². The smallest absolute Gasteiger partial charge is 0.345 e. The van der Waals surface area contributed by atoms with Crippen LogP contribution in [0.5, 0.6) is 0 Å². The molecule has 1 aliphatic heterocycles. The van der Waals surface area contributed by atoms with Crippen LogP contribution in [0.3, 0.4) is 0 Å². The number of hydrogen-bond donors (Lipinski definition) is 0. The number of anilines is 1. The maximum absolute atomic E-state index is 12.9. The number of likely N-dealkylation sites (N-methyl/N-ethyl adjacent to an activating group) is 1. The van der Waals surface area contributed by atoms with E-state index in [4.69, 9.17) is 0 Å². The van der Waals surface area contributed by atoms with Crippen molar-refractivity contribution in [3.8, 4) is 0 Å². The number of hydrogen-bond acceptors (Lipinski definition) is 3. The van der Waals surface area contributed by atoms with Gasteiger partial charge in [-0.05, 0) is 42.3 Å². The second-order valence-electron chi connectivity index (χ2n) is 6.82. The number of nitrogens with zero attached hydrogens (tertiary/aromatic N) is 3. The Morgan fingerprint density at radius 3 is 2.64 bits per heavy atom. The molecule has 1 saturated heterocycles. The fourth-order valence-corrected chi connectivity index (χ4v) is 3.24. The van der Waals surface area contributed by atoms with Gasteiger partial charge in [0.25, 0.3) is 0 Å². The average Bonchev–Trinajstić information content (AvgIpc) is 3.07. The lowest BCUT2D eigenvalue weighted by Crippen LogP contribution is -2.36. The molecule has 0 bridgehead atoms. The van der Waals surface area contributed by atoms with E-state index in [9.17, 15) is 22.8 Å². The van der Waals surface area contributed by atoms with Gasteiger partial charge in [-0.1, -0.05) is 6.07 Å². The van der Waals surface area contributed by atoms with E-state index in [0.29, 0.717) is 13.0 Å². The predicted octanol–water partition coefficient (Wildman–Crippen LogP) is 3.15. The van der Waals surface area contributed by atoms with Crippen molar-refractivity contribution in [2.45, 2.75) is 19.0 Å². The first-order valence-corrected chi connectivity index (χ1v) is 8.87. The Morgan fingerprint density at radius 1 is 1.25 bits per heavy atom. The van der Waals surface area contributed by atoms with Crippen LogP contribution in [-0.4, -0.2) is 41.8 Å². The first-order chi connectivity index (χ1) is 13.3. The van der Waals surface area contributed by atoms with Crippen molar-refractivity contribution in [3.05, 3.63) is 59.9 Å². The van der Waals surface area contributed by atoms with E-state index in [1.165, 1.54) is 17.0 Å². The van der Waals surface area contributed by atoms with E-state index in [1.807, 2.05) is 12.1 Å². The molecule has 5 nitrogen and oxygen atoms in total. The largest absolute Gasteiger partial charge is 0.416 e. The first kappa shape index (κ1) is 19.9. The van der Waals surface area contributed by atoms with E-state index in [1.54, 1.807) is 24.3 Å². The summed E-state index contributed by atoms with van der Waals surface area (Å²) in [5.74, 6) is -1.10. The van der Waals surface area contributed by atoms with E-state index < -0.39 is 17.7 Å². The Kier molecular flexibility index (Phi) is 5.67. The summed E-state index contributed by atoms with van der Waals surface area (Å²) in [6, 6.07) is 8.35. The number of carbonyl (C=O) groups is 2. The molecule has 148 valence electrons. The molecule has 28 heavy (non-hydrogen) atoms. The molecule has 0 radical (unpaired) electrons. The third-order valence-corrected chi connectivity index (χ3v) is 4.82. The fourth-order valence-electron chi connectivity index (χ4n) is 3.24. The lowest BCUT2D eigenvalue weighted by molar-refractivity contribution is -0.137. The molecule has 1 aliphatic rings. The zero-order chi connectivity index (χ0) is 20.3. The maximum atomic E-state index is 12.9. The number of pyridine rings is 1. The van der Waals surface area contributed by atoms with Crippen LogP contribution in [0.2, 0.25) is 0 Å². The van der Waals surface area contributed by atoms with E-state index in [-0.39, 0.29) is 30.5 Å². The molecule has 1 atom stereocenters. The molecule has 3 rings (SSSR count). The van der Waals surface area contributed by atoms with Gasteiger partial charge in [0.05, 0.1) is 11.5 Å². The maximum Gasteiger partial charge on any atom is 0.416 e. The second kappa shape index (κ2) is 8.00. The standard InChI is InChI=1S/C20H20F3N3O2/c1-25(10-7-14-5-8-24-9-6-14)19(28)15-11-18(27)26(13-15)17-4-2-3-16(12-17)20(21,22)23/h2-6,8-9,12,15H,7,10-11,13H2,1H3. The van der Waals surface area contributed by atoms with Crippen molar-refractivity contribution in [2.24, 2.45) is 5.92 Å². The molecule has 1 aromatic heterocycles. The van der Waals surface area contributed by atoms with Gasteiger partial charge in [-0.2, -0.15) is 13.2 Å². The molecule has 1 unspecified atom stereocenters. The summed E-state index contributed by atoms with van der Waals surface area (Å²) in [6.45, 7) is 0.565. The number of halogens is 3. The summed E-state index contributed by atoms with van der Waals surface area (Å²) in [4.78, 5) is 31.8. The Balaban J connectivity index is 1.64. The third kappa shape index (κ3) is 4.49. The van der Waals surface area contributed by atoms with Crippen molar-refractivity contribution in [1.82, 2.24) is 9.88 Å². The van der Waals surface area contributed by atoms with Gasteiger partial charge in [0.15, 0.2) is 0 Å². The Hall–Kier alpha value is -2.90. The summed E-state index contributed by atoms with van der Waals surface area (Å²) >= 11 is 0. The highest BCUT2D eigenvalue weighted by Gasteiger charge is 2.37. The number of alkyl halides is 3. The normalized spacial score (nSPS) is 17.1. The van der Waals surface area contributed by atoms with Crippen LogP contribution in [0, 0.1) is 5.92 Å². The minimum absolute atomic E-state index is 0.00528. The molecule has 0 saturated carbocycles. The molecule has 2 aromatic rings. The topological polar surface area (TPSA) is 53.5 Å². The second-order valence-corrected chi connectivity index (χ2v) is 6.82. The average molecular weight is 391 g/mol. The molecule has 8 heteroatoms. The molecular weight excluding hydrogens is 371 g/mol. The minimum Gasteiger partial charge on any atom is -0.345 e. The SMILES string of the molecule is CN(CCc1ccncc1)C(=O)C1CC(=O)N(c2cccc(C(F)(F)F)c2)C1. The Morgan fingerprint density at radius 2 is 1.96 bits per heavy atom. The molecule has 1 aromatic carbocycles. The fraction of sp³-hybridized carbons (Fsp3) is 0.350. The van der Waals surface area contributed by atoms with Crippen LogP contribution in [0.1, 0.15) is 17.5 Å². The highest BCUT2D eigenvalue weighted by molar-refractivity contribution is 6.00. The van der Waals surface area contributed by atoms with Gasteiger partial charge in [-0.15, -0.1) is 0 Å². The highest BCUT2D eigenvalue weighted by atomic mass is 19.4. The van der Waals surface area contributed by atoms with Crippen LogP contribution in [0.15, 0.2) is 48.8 Å². The first-order valence-electron chi connectivity index (χ1n) is 8.87. The van der Waals surface area contributed by atoms with Gasteiger partial charge in [0.1, 0.15) is 0 Å². The summed E-state index contributed by atoms with van der Waals surface area (Å²) in [5, 5.41) is 0. The quantitative estimate of drug-likeness (QED) is 0.787. The van der Waals surface area contributed by atoms with E-state index >= 15 is 0 Å². The molecule has 1 fully saturated rings. The lowest BCUT2D eigenvalue weighted by Gasteiger charge is -2.22. The predicted molar refractivity (Wildman–Crippen MR) is 97.5 cm³/mol. The molecule has 2 heterocycles. The van der Waals surface area contributed by atoms with Gasteiger partial charge in [0.2, 0.25) is 11.8 Å². The lowest BCUT2D eigenvalue weighted by atomic mass is 10.1. The monoisotopic (exact) mass is 391 g/mol. The number of amides is 2. The number of benzene rings is 1. The van der Waals surface area contributed by atoms with Crippen molar-refractivity contribution in [2.75, 3.05) is 25.0 Å². The van der Waals surface area contributed by atoms with Gasteiger partial charge in [0, 0.05) is 44.6 Å². The minimum atomic E-state index is -4.48. The number of rotatable bonds is 5. The van der Waals surface area contributed by atoms with Gasteiger partial charge in [-0.3, -0.25) is 14.6 Å². The molecule has 0 spiro atoms.